The molecule has 0 saturated carbocycles. The fourth-order valence-corrected chi connectivity index (χ4v) is 3.80. The molecule has 0 bridgehead atoms. The molecule has 154 valence electrons. The second-order valence-electron chi connectivity index (χ2n) is 7.21. The number of rotatable bonds is 5. The van der Waals surface area contributed by atoms with E-state index in [4.69, 9.17) is 11.6 Å². The summed E-state index contributed by atoms with van der Waals surface area (Å²) in [5, 5.41) is 6.61. The Balaban J connectivity index is 1.51. The van der Waals surface area contributed by atoms with Crippen molar-refractivity contribution in [2.45, 2.75) is 24.8 Å². The van der Waals surface area contributed by atoms with E-state index in [1.807, 2.05) is 37.3 Å². The van der Waals surface area contributed by atoms with Gasteiger partial charge in [0.15, 0.2) is 0 Å². The Labute approximate surface area is 186 Å². The fraction of sp³-hybridized carbons (Fsp3) is 0.227. The summed E-state index contributed by atoms with van der Waals surface area (Å²) in [6, 6.07) is 13.9. The van der Waals surface area contributed by atoms with Crippen molar-refractivity contribution in [3.63, 3.8) is 0 Å². The van der Waals surface area contributed by atoms with Crippen molar-refractivity contribution in [1.82, 2.24) is 14.9 Å². The third-order valence-corrected chi connectivity index (χ3v) is 5.53. The number of fused-ring (bicyclic) bond motifs is 1. The SMILES string of the molecule is Cc1cnc(Nc2cccc(S)c2)nc1Nc1ccc2c(c1)CCN(C(=O)CCl)C2. The van der Waals surface area contributed by atoms with Gasteiger partial charge in [-0.05, 0) is 54.8 Å². The standard InChI is InChI=1S/C22H22ClN5OS/c1-14-12-24-22(26-17-3-2-4-19(30)10-17)27-21(14)25-18-6-5-16-13-28(20(29)11-23)8-7-15(16)9-18/h2-6,9-10,12,30H,7-8,11,13H2,1H3,(H2,24,25,26,27). The normalized spacial score (nSPS) is 13.0. The summed E-state index contributed by atoms with van der Waals surface area (Å²) in [6.07, 6.45) is 2.60. The van der Waals surface area contributed by atoms with E-state index in [1.165, 1.54) is 5.56 Å². The summed E-state index contributed by atoms with van der Waals surface area (Å²) >= 11 is 10.1. The zero-order valence-electron chi connectivity index (χ0n) is 16.5. The molecular formula is C22H22ClN5OS. The Morgan fingerprint density at radius 1 is 1.17 bits per heavy atom. The van der Waals surface area contributed by atoms with Crippen molar-refractivity contribution >= 4 is 53.3 Å². The maximum absolute atomic E-state index is 11.9. The van der Waals surface area contributed by atoms with Crippen molar-refractivity contribution in [3.05, 3.63) is 65.4 Å². The second kappa shape index (κ2) is 8.93. The quantitative estimate of drug-likeness (QED) is 0.397. The fourth-order valence-electron chi connectivity index (χ4n) is 3.41. The Kier molecular flexibility index (Phi) is 6.11. The van der Waals surface area contributed by atoms with E-state index >= 15 is 0 Å². The molecule has 30 heavy (non-hydrogen) atoms. The van der Waals surface area contributed by atoms with E-state index in [0.29, 0.717) is 19.0 Å². The smallest absolute Gasteiger partial charge is 0.237 e. The lowest BCUT2D eigenvalue weighted by Crippen LogP contribution is -2.36. The van der Waals surface area contributed by atoms with Crippen molar-refractivity contribution < 1.29 is 4.79 Å². The second-order valence-corrected chi connectivity index (χ2v) is 7.99. The van der Waals surface area contributed by atoms with Crippen molar-refractivity contribution in [2.24, 2.45) is 0 Å². The summed E-state index contributed by atoms with van der Waals surface area (Å²) in [4.78, 5) is 23.5. The number of alkyl halides is 1. The molecule has 0 saturated heterocycles. The van der Waals surface area contributed by atoms with Gasteiger partial charge in [0.2, 0.25) is 11.9 Å². The first-order chi connectivity index (χ1) is 14.5. The maximum Gasteiger partial charge on any atom is 0.237 e. The minimum absolute atomic E-state index is 0.0235. The van der Waals surface area contributed by atoms with E-state index in [2.05, 4.69) is 45.4 Å². The maximum atomic E-state index is 11.9. The number of nitrogens with zero attached hydrogens (tertiary/aromatic N) is 3. The monoisotopic (exact) mass is 439 g/mol. The number of hydrogen-bond acceptors (Lipinski definition) is 6. The molecular weight excluding hydrogens is 418 g/mol. The van der Waals surface area contributed by atoms with Crippen LogP contribution in [-0.4, -0.2) is 33.2 Å². The molecule has 3 aromatic rings. The number of carbonyl (C=O) groups is 1. The lowest BCUT2D eigenvalue weighted by atomic mass is 9.99. The number of benzene rings is 2. The number of aryl methyl sites for hydroxylation is 1. The van der Waals surface area contributed by atoms with Crippen LogP contribution in [0.15, 0.2) is 53.6 Å². The molecule has 1 aliphatic heterocycles. The molecule has 2 heterocycles. The van der Waals surface area contributed by atoms with E-state index < -0.39 is 0 Å². The van der Waals surface area contributed by atoms with Crippen molar-refractivity contribution in [1.29, 1.82) is 0 Å². The average molecular weight is 440 g/mol. The van der Waals surface area contributed by atoms with Crippen LogP contribution in [0, 0.1) is 6.92 Å². The number of anilines is 4. The van der Waals surface area contributed by atoms with Gasteiger partial charge in [0, 0.05) is 41.1 Å². The molecule has 2 N–H and O–H groups in total. The zero-order chi connectivity index (χ0) is 21.1. The first kappa shape index (κ1) is 20.5. The van der Waals surface area contributed by atoms with Crippen LogP contribution in [0.3, 0.4) is 0 Å². The summed E-state index contributed by atoms with van der Waals surface area (Å²) in [6.45, 7) is 3.26. The molecule has 0 fully saturated rings. The van der Waals surface area contributed by atoms with Gasteiger partial charge in [0.25, 0.3) is 0 Å². The highest BCUT2D eigenvalue weighted by atomic mass is 35.5. The first-order valence-corrected chi connectivity index (χ1v) is 10.6. The van der Waals surface area contributed by atoms with Crippen molar-refractivity contribution in [2.75, 3.05) is 23.1 Å². The van der Waals surface area contributed by atoms with Crippen LogP contribution in [0.2, 0.25) is 0 Å². The summed E-state index contributed by atoms with van der Waals surface area (Å²) < 4.78 is 0. The Hall–Kier alpha value is -2.77. The number of aromatic nitrogens is 2. The number of hydrogen-bond donors (Lipinski definition) is 3. The molecule has 0 aliphatic carbocycles. The van der Waals surface area contributed by atoms with Crippen LogP contribution in [0.25, 0.3) is 0 Å². The van der Waals surface area contributed by atoms with Crippen LogP contribution in [0.1, 0.15) is 16.7 Å². The van der Waals surface area contributed by atoms with E-state index in [0.717, 1.165) is 39.6 Å². The highest BCUT2D eigenvalue weighted by molar-refractivity contribution is 7.80. The first-order valence-electron chi connectivity index (χ1n) is 9.64. The molecule has 1 aliphatic rings. The molecule has 0 atom stereocenters. The predicted molar refractivity (Wildman–Crippen MR) is 123 cm³/mol. The van der Waals surface area contributed by atoms with Gasteiger partial charge in [0.05, 0.1) is 0 Å². The highest BCUT2D eigenvalue weighted by Crippen LogP contribution is 2.26. The number of amides is 1. The van der Waals surface area contributed by atoms with Gasteiger partial charge in [0.1, 0.15) is 11.7 Å². The van der Waals surface area contributed by atoms with Gasteiger partial charge in [-0.1, -0.05) is 12.1 Å². The topological polar surface area (TPSA) is 70.2 Å². The minimum atomic E-state index is -0.0235. The molecule has 2 aromatic carbocycles. The zero-order valence-corrected chi connectivity index (χ0v) is 18.2. The van der Waals surface area contributed by atoms with Crippen LogP contribution in [0.4, 0.5) is 23.1 Å². The van der Waals surface area contributed by atoms with Gasteiger partial charge in [-0.2, -0.15) is 4.98 Å². The Morgan fingerprint density at radius 2 is 2.00 bits per heavy atom. The average Bonchev–Trinajstić information content (AvgIpc) is 2.75. The minimum Gasteiger partial charge on any atom is -0.340 e. The van der Waals surface area contributed by atoms with Crippen LogP contribution < -0.4 is 10.6 Å². The summed E-state index contributed by atoms with van der Waals surface area (Å²) in [7, 11) is 0. The van der Waals surface area contributed by atoms with Crippen molar-refractivity contribution in [3.8, 4) is 0 Å². The predicted octanol–water partition coefficient (Wildman–Crippen LogP) is 4.68. The molecule has 6 nitrogen and oxygen atoms in total. The Morgan fingerprint density at radius 3 is 2.80 bits per heavy atom. The summed E-state index contributed by atoms with van der Waals surface area (Å²) in [5.41, 5.74) is 5.16. The number of carbonyl (C=O) groups excluding carboxylic acids is 1. The van der Waals surface area contributed by atoms with Gasteiger partial charge >= 0.3 is 0 Å². The van der Waals surface area contributed by atoms with Crippen LogP contribution >= 0.6 is 24.2 Å². The van der Waals surface area contributed by atoms with Gasteiger partial charge in [-0.15, -0.1) is 24.2 Å². The van der Waals surface area contributed by atoms with Gasteiger partial charge < -0.3 is 15.5 Å². The largest absolute Gasteiger partial charge is 0.340 e. The molecule has 1 aromatic heterocycles. The van der Waals surface area contributed by atoms with E-state index in [-0.39, 0.29) is 11.8 Å². The number of thiol groups is 1. The number of halogens is 1. The lowest BCUT2D eigenvalue weighted by Gasteiger charge is -2.28. The van der Waals surface area contributed by atoms with Gasteiger partial charge in [-0.25, -0.2) is 4.98 Å². The molecule has 0 unspecified atom stereocenters. The number of nitrogens with one attached hydrogen (secondary N) is 2. The molecule has 0 spiro atoms. The van der Waals surface area contributed by atoms with E-state index in [9.17, 15) is 4.79 Å². The molecule has 4 rings (SSSR count). The van der Waals surface area contributed by atoms with Crippen LogP contribution in [-0.2, 0) is 17.8 Å². The lowest BCUT2D eigenvalue weighted by molar-refractivity contribution is -0.129. The Bertz CT molecular complexity index is 1090. The highest BCUT2D eigenvalue weighted by Gasteiger charge is 2.20. The van der Waals surface area contributed by atoms with Crippen LogP contribution in [0.5, 0.6) is 0 Å². The van der Waals surface area contributed by atoms with E-state index in [1.54, 1.807) is 11.1 Å². The molecule has 8 heteroatoms. The summed E-state index contributed by atoms with van der Waals surface area (Å²) in [5.74, 6) is 1.25. The third-order valence-electron chi connectivity index (χ3n) is 5.02. The third kappa shape index (κ3) is 4.68. The molecule has 1 amide bonds. The molecule has 0 radical (unpaired) electrons. The van der Waals surface area contributed by atoms with Gasteiger partial charge in [-0.3, -0.25) is 4.79 Å².